The van der Waals surface area contributed by atoms with Crippen LogP contribution < -0.4 is 21.1 Å². The first-order chi connectivity index (χ1) is 9.20. The summed E-state index contributed by atoms with van der Waals surface area (Å²) in [4.78, 5) is 11.7. The molecule has 1 amide bonds. The number of hydrogen-bond donors (Lipinski definition) is 3. The second-order valence-electron chi connectivity index (χ2n) is 4.86. The van der Waals surface area contributed by atoms with Crippen molar-refractivity contribution in [1.82, 2.24) is 5.32 Å². The Morgan fingerprint density at radius 2 is 2.21 bits per heavy atom. The van der Waals surface area contributed by atoms with Crippen LogP contribution in [0.1, 0.15) is 12.8 Å². The van der Waals surface area contributed by atoms with Crippen LogP contribution in [0.15, 0.2) is 24.3 Å². The third-order valence-electron chi connectivity index (χ3n) is 3.31. The summed E-state index contributed by atoms with van der Waals surface area (Å²) in [5.41, 5.74) is 6.74. The van der Waals surface area contributed by atoms with E-state index in [1.807, 2.05) is 24.3 Å². The van der Waals surface area contributed by atoms with Crippen LogP contribution in [0, 0.1) is 5.92 Å². The number of nitrogens with two attached hydrogens (primary N) is 1. The number of para-hydroxylation sites is 2. The highest BCUT2D eigenvalue weighted by atomic mass is 16.5. The lowest BCUT2D eigenvalue weighted by Crippen LogP contribution is -2.40. The van der Waals surface area contributed by atoms with E-state index in [0.29, 0.717) is 12.5 Å². The van der Waals surface area contributed by atoms with Gasteiger partial charge in [-0.1, -0.05) is 12.1 Å². The summed E-state index contributed by atoms with van der Waals surface area (Å²) in [5.74, 6) is 1.27. The van der Waals surface area contributed by atoms with Crippen molar-refractivity contribution in [2.75, 3.05) is 25.5 Å². The lowest BCUT2D eigenvalue weighted by Gasteiger charge is -2.13. The van der Waals surface area contributed by atoms with Gasteiger partial charge in [0.15, 0.2) is 0 Å². The van der Waals surface area contributed by atoms with E-state index >= 15 is 0 Å². The van der Waals surface area contributed by atoms with Gasteiger partial charge in [0.1, 0.15) is 5.75 Å². The number of ether oxygens (including phenoxy) is 1. The van der Waals surface area contributed by atoms with E-state index in [9.17, 15) is 4.79 Å². The monoisotopic (exact) mass is 263 g/mol. The van der Waals surface area contributed by atoms with Crippen molar-refractivity contribution >= 4 is 11.6 Å². The number of anilines is 1. The lowest BCUT2D eigenvalue weighted by molar-refractivity contribution is -0.119. The van der Waals surface area contributed by atoms with Gasteiger partial charge in [-0.15, -0.1) is 0 Å². The summed E-state index contributed by atoms with van der Waals surface area (Å²) in [6.45, 7) is 0.773. The van der Waals surface area contributed by atoms with Gasteiger partial charge in [0.05, 0.1) is 19.3 Å². The molecule has 104 valence electrons. The van der Waals surface area contributed by atoms with Crippen molar-refractivity contribution < 1.29 is 9.53 Å². The largest absolute Gasteiger partial charge is 0.495 e. The SMILES string of the molecule is COc1ccccc1NCC(=O)NCC(N)C1CC1. The van der Waals surface area contributed by atoms with Gasteiger partial charge in [-0.25, -0.2) is 0 Å². The maximum Gasteiger partial charge on any atom is 0.239 e. The molecule has 1 aliphatic rings. The van der Waals surface area contributed by atoms with Gasteiger partial charge in [-0.05, 0) is 30.9 Å². The minimum atomic E-state index is -0.0537. The van der Waals surface area contributed by atoms with Gasteiger partial charge in [0.2, 0.25) is 5.91 Å². The fourth-order valence-electron chi connectivity index (χ4n) is 1.95. The smallest absolute Gasteiger partial charge is 0.239 e. The predicted octanol–water partition coefficient (Wildman–Crippen LogP) is 0.961. The minimum Gasteiger partial charge on any atom is -0.495 e. The Morgan fingerprint density at radius 3 is 2.89 bits per heavy atom. The Kier molecular flexibility index (Phi) is 4.63. The third kappa shape index (κ3) is 4.13. The molecule has 0 radical (unpaired) electrons. The van der Waals surface area contributed by atoms with Crippen molar-refractivity contribution in [3.05, 3.63) is 24.3 Å². The van der Waals surface area contributed by atoms with Gasteiger partial charge < -0.3 is 21.1 Å². The molecule has 0 saturated heterocycles. The molecule has 0 aliphatic heterocycles. The predicted molar refractivity (Wildman–Crippen MR) is 75.2 cm³/mol. The number of carbonyl (C=O) groups is 1. The van der Waals surface area contributed by atoms with E-state index in [0.717, 1.165) is 11.4 Å². The molecule has 0 aromatic heterocycles. The number of hydrogen-bond acceptors (Lipinski definition) is 4. The van der Waals surface area contributed by atoms with Gasteiger partial charge in [0, 0.05) is 12.6 Å². The van der Waals surface area contributed by atoms with Crippen molar-refractivity contribution in [3.8, 4) is 5.75 Å². The quantitative estimate of drug-likeness (QED) is 0.685. The summed E-state index contributed by atoms with van der Waals surface area (Å²) in [6.07, 6.45) is 2.38. The molecule has 19 heavy (non-hydrogen) atoms. The Balaban J connectivity index is 1.73. The summed E-state index contributed by atoms with van der Waals surface area (Å²) in [7, 11) is 1.61. The zero-order chi connectivity index (χ0) is 13.7. The highest BCUT2D eigenvalue weighted by Gasteiger charge is 2.28. The van der Waals surface area contributed by atoms with Crippen LogP contribution in [0.3, 0.4) is 0 Å². The van der Waals surface area contributed by atoms with Crippen LogP contribution in [-0.2, 0) is 4.79 Å². The second kappa shape index (κ2) is 6.43. The van der Waals surface area contributed by atoms with Crippen LogP contribution >= 0.6 is 0 Å². The minimum absolute atomic E-state index is 0.0537. The molecule has 1 saturated carbocycles. The number of nitrogens with one attached hydrogen (secondary N) is 2. The third-order valence-corrected chi connectivity index (χ3v) is 3.31. The molecule has 0 bridgehead atoms. The number of benzene rings is 1. The molecule has 1 fully saturated rings. The molecule has 1 aromatic rings. The molecule has 0 heterocycles. The molecule has 1 atom stereocenters. The van der Waals surface area contributed by atoms with Crippen molar-refractivity contribution in [2.24, 2.45) is 11.7 Å². The van der Waals surface area contributed by atoms with Gasteiger partial charge in [-0.2, -0.15) is 0 Å². The van der Waals surface area contributed by atoms with E-state index in [4.69, 9.17) is 10.5 Å². The first-order valence-electron chi connectivity index (χ1n) is 6.60. The van der Waals surface area contributed by atoms with Crippen molar-refractivity contribution in [1.29, 1.82) is 0 Å². The maximum atomic E-state index is 11.7. The molecule has 4 N–H and O–H groups in total. The fraction of sp³-hybridized carbons (Fsp3) is 0.500. The highest BCUT2D eigenvalue weighted by molar-refractivity contribution is 5.81. The van der Waals surface area contributed by atoms with E-state index in [2.05, 4.69) is 10.6 Å². The Hall–Kier alpha value is -1.75. The maximum absolute atomic E-state index is 11.7. The van der Waals surface area contributed by atoms with Gasteiger partial charge >= 0.3 is 0 Å². The first-order valence-corrected chi connectivity index (χ1v) is 6.60. The van der Waals surface area contributed by atoms with E-state index < -0.39 is 0 Å². The summed E-state index contributed by atoms with van der Waals surface area (Å²) >= 11 is 0. The zero-order valence-corrected chi connectivity index (χ0v) is 11.2. The number of methoxy groups -OCH3 is 1. The van der Waals surface area contributed by atoms with E-state index in [-0.39, 0.29) is 18.5 Å². The molecule has 5 nitrogen and oxygen atoms in total. The molecular weight excluding hydrogens is 242 g/mol. The highest BCUT2D eigenvalue weighted by Crippen LogP contribution is 2.31. The van der Waals surface area contributed by atoms with Crippen LogP contribution in [0.4, 0.5) is 5.69 Å². The Morgan fingerprint density at radius 1 is 1.47 bits per heavy atom. The van der Waals surface area contributed by atoms with Crippen LogP contribution in [0.5, 0.6) is 5.75 Å². The zero-order valence-electron chi connectivity index (χ0n) is 11.2. The molecule has 0 spiro atoms. The number of amides is 1. The fourth-order valence-corrected chi connectivity index (χ4v) is 1.95. The lowest BCUT2D eigenvalue weighted by atomic mass is 10.2. The molecule has 1 aromatic carbocycles. The molecule has 5 heteroatoms. The normalized spacial score (nSPS) is 15.7. The molecule has 2 rings (SSSR count). The summed E-state index contributed by atoms with van der Waals surface area (Å²) in [6, 6.07) is 7.60. The van der Waals surface area contributed by atoms with Crippen LogP contribution in [-0.4, -0.2) is 32.1 Å². The van der Waals surface area contributed by atoms with Crippen molar-refractivity contribution in [3.63, 3.8) is 0 Å². The van der Waals surface area contributed by atoms with Crippen LogP contribution in [0.2, 0.25) is 0 Å². The van der Waals surface area contributed by atoms with Gasteiger partial charge in [-0.3, -0.25) is 4.79 Å². The first kappa shape index (κ1) is 13.7. The molecule has 1 aliphatic carbocycles. The Bertz CT molecular complexity index is 432. The van der Waals surface area contributed by atoms with Crippen LogP contribution in [0.25, 0.3) is 0 Å². The average Bonchev–Trinajstić information content (AvgIpc) is 3.27. The van der Waals surface area contributed by atoms with Gasteiger partial charge in [0.25, 0.3) is 0 Å². The second-order valence-corrected chi connectivity index (χ2v) is 4.86. The Labute approximate surface area is 113 Å². The molecule has 1 unspecified atom stereocenters. The number of rotatable bonds is 7. The topological polar surface area (TPSA) is 76.4 Å². The molecular formula is C14H21N3O2. The van der Waals surface area contributed by atoms with E-state index in [1.165, 1.54) is 12.8 Å². The van der Waals surface area contributed by atoms with Crippen molar-refractivity contribution in [2.45, 2.75) is 18.9 Å². The summed E-state index contributed by atoms with van der Waals surface area (Å²) in [5, 5.41) is 5.90. The number of carbonyl (C=O) groups excluding carboxylic acids is 1. The average molecular weight is 263 g/mol. The standard InChI is InChI=1S/C14H21N3O2/c1-19-13-5-3-2-4-12(13)16-9-14(18)17-8-11(15)10-6-7-10/h2-5,10-11,16H,6-9,15H2,1H3,(H,17,18). The van der Waals surface area contributed by atoms with E-state index in [1.54, 1.807) is 7.11 Å². The summed E-state index contributed by atoms with van der Waals surface area (Å²) < 4.78 is 5.20.